The van der Waals surface area contributed by atoms with Crippen LogP contribution in [-0.2, 0) is 10.2 Å². The fraction of sp³-hybridized carbons (Fsp3) is 0.0909. The lowest BCUT2D eigenvalue weighted by molar-refractivity contribution is 0.303. The van der Waals surface area contributed by atoms with E-state index in [9.17, 15) is 0 Å². The Morgan fingerprint density at radius 2 is 0.531 bits per heavy atom. The first-order valence-electron chi connectivity index (χ1n) is 27.8. The molecule has 0 aliphatic heterocycles. The third kappa shape index (κ3) is 8.63. The van der Waals surface area contributed by atoms with Crippen LogP contribution in [0.5, 0.6) is 17.2 Å². The van der Waals surface area contributed by atoms with E-state index in [-0.39, 0.29) is 0 Å². The molecule has 11 aromatic carbocycles. The van der Waals surface area contributed by atoms with E-state index in [4.69, 9.17) is 18.9 Å². The molecular weight excluding hydrogens is 989 g/mol. The Balaban J connectivity index is 0.950. The summed E-state index contributed by atoms with van der Waals surface area (Å²) in [6.45, 7) is 0. The third-order valence-corrected chi connectivity index (χ3v) is 17.2. The predicted octanol–water partition coefficient (Wildman–Crippen LogP) is 19.3. The van der Waals surface area contributed by atoms with Gasteiger partial charge in [0.05, 0.1) is 33.9 Å². The Bertz CT molecular complexity index is 3940. The van der Waals surface area contributed by atoms with E-state index < -0.39 is 5.41 Å². The molecule has 0 heterocycles. The van der Waals surface area contributed by atoms with Crippen molar-refractivity contribution in [1.82, 2.24) is 0 Å². The molecule has 81 heavy (non-hydrogen) atoms. The molecule has 0 saturated heterocycles. The molecule has 3 aliphatic rings. The lowest BCUT2D eigenvalue weighted by atomic mass is 9.69. The van der Waals surface area contributed by atoms with Gasteiger partial charge >= 0.3 is 0 Å². The predicted molar refractivity (Wildman–Crippen MR) is 332 cm³/mol. The summed E-state index contributed by atoms with van der Waals surface area (Å²) in [5, 5.41) is 0. The minimum atomic E-state index is -0.680. The molecule has 0 fully saturated rings. The van der Waals surface area contributed by atoms with Gasteiger partial charge in [-0.3, -0.25) is 0 Å². The summed E-state index contributed by atoms with van der Waals surface area (Å²) in [6.07, 6.45) is 7.44. The molecule has 3 aliphatic carbocycles. The van der Waals surface area contributed by atoms with E-state index in [1.807, 2.05) is 36.4 Å². The average molecular weight is 1050 g/mol. The van der Waals surface area contributed by atoms with E-state index in [0.29, 0.717) is 5.92 Å². The number of ether oxygens (including phenoxy) is 4. The van der Waals surface area contributed by atoms with Crippen LogP contribution in [0.15, 0.2) is 267 Å². The molecule has 4 heteroatoms. The lowest BCUT2D eigenvalue weighted by Gasteiger charge is -2.32. The SMILES string of the molecule is COC1=CCC(c2ccc(-c3ccc4c(c3)C3(c5cc(-c6ccc(-c7ccc(OC)cc7)cc6)ccc5-c5ccc(-c6ccc(-c7ccc(OC)cc7)cc6)cc53)c3cc(-c5ccc(-c6ccc(OC)cc6)cc5)ccc3-4)cc2)C=C1. The van der Waals surface area contributed by atoms with Gasteiger partial charge in [-0.25, -0.2) is 0 Å². The molecule has 11 aromatic rings. The highest BCUT2D eigenvalue weighted by molar-refractivity contribution is 5.99. The fourth-order valence-electron chi connectivity index (χ4n) is 12.8. The van der Waals surface area contributed by atoms with Gasteiger partial charge in [0.1, 0.15) is 23.0 Å². The first kappa shape index (κ1) is 49.4. The van der Waals surface area contributed by atoms with Crippen LogP contribution in [0.1, 0.15) is 40.2 Å². The van der Waals surface area contributed by atoms with Crippen molar-refractivity contribution < 1.29 is 18.9 Å². The minimum absolute atomic E-state index is 0.302. The molecule has 1 atom stereocenters. The third-order valence-electron chi connectivity index (χ3n) is 17.2. The number of benzene rings is 11. The zero-order valence-corrected chi connectivity index (χ0v) is 45.7. The molecule has 4 nitrogen and oxygen atoms in total. The zero-order chi connectivity index (χ0) is 54.6. The molecule has 1 spiro atoms. The van der Waals surface area contributed by atoms with Crippen LogP contribution in [0.4, 0.5) is 0 Å². The smallest absolute Gasteiger partial charge is 0.118 e. The van der Waals surface area contributed by atoms with Crippen LogP contribution in [0.25, 0.3) is 100 Å². The van der Waals surface area contributed by atoms with Crippen molar-refractivity contribution in [3.63, 3.8) is 0 Å². The zero-order valence-electron chi connectivity index (χ0n) is 45.7. The Morgan fingerprint density at radius 1 is 0.284 bits per heavy atom. The maximum Gasteiger partial charge on any atom is 0.118 e. The number of allylic oxidation sites excluding steroid dienone is 3. The summed E-state index contributed by atoms with van der Waals surface area (Å²) in [5.74, 6) is 3.76. The molecule has 0 amide bonds. The van der Waals surface area contributed by atoms with Gasteiger partial charge in [0, 0.05) is 5.92 Å². The first-order valence-corrected chi connectivity index (χ1v) is 27.8. The molecule has 0 N–H and O–H groups in total. The average Bonchev–Trinajstić information content (AvgIpc) is 3.80. The van der Waals surface area contributed by atoms with E-state index in [1.54, 1.807) is 28.4 Å². The van der Waals surface area contributed by atoms with E-state index in [2.05, 4.69) is 224 Å². The normalized spacial score (nSPS) is 14.1. The van der Waals surface area contributed by atoms with E-state index in [1.165, 1.54) is 94.6 Å². The van der Waals surface area contributed by atoms with Gasteiger partial charge in [0.2, 0.25) is 0 Å². The molecule has 0 saturated carbocycles. The summed E-state index contributed by atoms with van der Waals surface area (Å²) >= 11 is 0. The van der Waals surface area contributed by atoms with Gasteiger partial charge in [-0.15, -0.1) is 0 Å². The molecule has 390 valence electrons. The molecular formula is C77H58O4. The van der Waals surface area contributed by atoms with Gasteiger partial charge in [0.15, 0.2) is 0 Å². The second kappa shape index (κ2) is 20.4. The minimum Gasteiger partial charge on any atom is -0.497 e. The van der Waals surface area contributed by atoms with Crippen molar-refractivity contribution in [2.75, 3.05) is 28.4 Å². The van der Waals surface area contributed by atoms with Gasteiger partial charge in [-0.05, 0) is 207 Å². The summed E-state index contributed by atoms with van der Waals surface area (Å²) in [5.41, 5.74) is 27.1. The Kier molecular flexibility index (Phi) is 12.4. The second-order valence-electron chi connectivity index (χ2n) is 21.3. The van der Waals surface area contributed by atoms with E-state index >= 15 is 0 Å². The Hall–Kier alpha value is -9.90. The van der Waals surface area contributed by atoms with Crippen molar-refractivity contribution in [2.24, 2.45) is 0 Å². The van der Waals surface area contributed by atoms with Gasteiger partial charge in [-0.2, -0.15) is 0 Å². The fourth-order valence-corrected chi connectivity index (χ4v) is 12.8. The van der Waals surface area contributed by atoms with Gasteiger partial charge in [0.25, 0.3) is 0 Å². The van der Waals surface area contributed by atoms with Crippen LogP contribution < -0.4 is 14.2 Å². The summed E-state index contributed by atoms with van der Waals surface area (Å²) in [7, 11) is 6.86. The van der Waals surface area contributed by atoms with Crippen LogP contribution >= 0.6 is 0 Å². The maximum absolute atomic E-state index is 5.52. The number of rotatable bonds is 12. The van der Waals surface area contributed by atoms with Crippen LogP contribution in [-0.4, -0.2) is 28.4 Å². The number of methoxy groups -OCH3 is 4. The molecule has 0 radical (unpaired) electrons. The highest BCUT2D eigenvalue weighted by atomic mass is 16.5. The molecule has 0 aromatic heterocycles. The first-order chi connectivity index (χ1) is 39.9. The highest BCUT2D eigenvalue weighted by Gasteiger charge is 2.52. The Labute approximate surface area is 474 Å². The monoisotopic (exact) mass is 1050 g/mol. The van der Waals surface area contributed by atoms with E-state index in [0.717, 1.165) is 62.8 Å². The maximum atomic E-state index is 5.52. The van der Waals surface area contributed by atoms with Crippen molar-refractivity contribution >= 4 is 0 Å². The summed E-state index contributed by atoms with van der Waals surface area (Å²) in [4.78, 5) is 0. The summed E-state index contributed by atoms with van der Waals surface area (Å²) in [6, 6.07) is 90.0. The highest BCUT2D eigenvalue weighted by Crippen LogP contribution is 2.64. The van der Waals surface area contributed by atoms with Crippen LogP contribution in [0, 0.1) is 0 Å². The van der Waals surface area contributed by atoms with Gasteiger partial charge < -0.3 is 18.9 Å². The van der Waals surface area contributed by atoms with Crippen LogP contribution in [0.3, 0.4) is 0 Å². The Morgan fingerprint density at radius 3 is 0.778 bits per heavy atom. The topological polar surface area (TPSA) is 36.9 Å². The second-order valence-corrected chi connectivity index (χ2v) is 21.3. The largest absolute Gasteiger partial charge is 0.497 e. The quantitative estimate of drug-likeness (QED) is 0.122. The van der Waals surface area contributed by atoms with Gasteiger partial charge in [-0.1, -0.05) is 188 Å². The molecule has 0 bridgehead atoms. The molecule has 1 unspecified atom stereocenters. The number of hydrogen-bond acceptors (Lipinski definition) is 4. The van der Waals surface area contributed by atoms with Crippen molar-refractivity contribution in [2.45, 2.75) is 17.8 Å². The standard InChI is InChI=1S/C77H58O4/c1-78-65-33-21-53(22-34-65)49-5-13-57(14-6-49)61-29-41-69-70-42-30-62(58-15-7-50(8-16-58)54-23-35-66(79-2)36-24-54)46-74(70)77(73(69)45-61)75-47-63(59-17-9-51(10-18-59)55-25-37-67(80-3)38-26-55)31-43-71(75)72-44-32-64(48-76(72)77)60-19-11-52(12-20-60)56-27-39-68(81-4)40-28-56/h5-27,29-48,56H,28H2,1-4H3. The number of hydrogen-bond donors (Lipinski definition) is 0. The lowest BCUT2D eigenvalue weighted by Crippen LogP contribution is -2.26. The summed E-state index contributed by atoms with van der Waals surface area (Å²) < 4.78 is 22.0. The van der Waals surface area contributed by atoms with Crippen molar-refractivity contribution in [3.8, 4) is 117 Å². The van der Waals surface area contributed by atoms with Crippen LogP contribution in [0.2, 0.25) is 0 Å². The van der Waals surface area contributed by atoms with Crippen molar-refractivity contribution in [1.29, 1.82) is 0 Å². The molecule has 14 rings (SSSR count). The number of fused-ring (bicyclic) bond motifs is 10. The van der Waals surface area contributed by atoms with Crippen molar-refractivity contribution in [3.05, 3.63) is 294 Å².